The van der Waals surface area contributed by atoms with E-state index in [9.17, 15) is 16.8 Å². The average Bonchev–Trinajstić information content (AvgIpc) is 2.43. The van der Waals surface area contributed by atoms with Crippen molar-refractivity contribution in [2.75, 3.05) is 12.3 Å². The van der Waals surface area contributed by atoms with Crippen LogP contribution in [0.15, 0.2) is 28.0 Å². The first kappa shape index (κ1) is 16.5. The van der Waals surface area contributed by atoms with Crippen molar-refractivity contribution >= 4 is 19.9 Å². The molecule has 1 aliphatic heterocycles. The zero-order valence-corrected chi connectivity index (χ0v) is 13.8. The van der Waals surface area contributed by atoms with Crippen LogP contribution in [-0.4, -0.2) is 29.1 Å². The SMILES string of the molecule is CCCCCNS(=O)(=O)c1ccc2c(c1)CCCS2(=O)=O. The highest BCUT2D eigenvalue weighted by Gasteiger charge is 2.25. The Morgan fingerprint density at radius 2 is 2.00 bits per heavy atom. The molecule has 1 aromatic carbocycles. The first-order valence-corrected chi connectivity index (χ1v) is 10.4. The highest BCUT2D eigenvalue weighted by atomic mass is 32.2. The number of sulfonamides is 1. The van der Waals surface area contributed by atoms with Crippen LogP contribution in [0, 0.1) is 0 Å². The van der Waals surface area contributed by atoms with Crippen molar-refractivity contribution in [1.29, 1.82) is 0 Å². The van der Waals surface area contributed by atoms with Gasteiger partial charge in [-0.15, -0.1) is 0 Å². The van der Waals surface area contributed by atoms with Crippen LogP contribution in [0.4, 0.5) is 0 Å². The molecule has 21 heavy (non-hydrogen) atoms. The summed E-state index contributed by atoms with van der Waals surface area (Å²) in [4.78, 5) is 0.425. The van der Waals surface area contributed by atoms with Gasteiger partial charge < -0.3 is 0 Å². The van der Waals surface area contributed by atoms with Gasteiger partial charge in [-0.2, -0.15) is 0 Å². The maximum atomic E-state index is 12.2. The molecule has 1 aliphatic rings. The lowest BCUT2D eigenvalue weighted by Gasteiger charge is -2.17. The van der Waals surface area contributed by atoms with Crippen molar-refractivity contribution in [1.82, 2.24) is 4.72 Å². The highest BCUT2D eigenvalue weighted by molar-refractivity contribution is 7.91. The topological polar surface area (TPSA) is 80.3 Å². The molecule has 0 fully saturated rings. The molecular formula is C14H21NO4S2. The van der Waals surface area contributed by atoms with Gasteiger partial charge in [-0.3, -0.25) is 0 Å². The molecule has 0 unspecified atom stereocenters. The zero-order valence-electron chi connectivity index (χ0n) is 12.1. The molecule has 1 N–H and O–H groups in total. The van der Waals surface area contributed by atoms with Gasteiger partial charge in [0.25, 0.3) is 0 Å². The van der Waals surface area contributed by atoms with Gasteiger partial charge in [0.1, 0.15) is 0 Å². The second-order valence-electron chi connectivity index (χ2n) is 5.30. The smallest absolute Gasteiger partial charge is 0.224 e. The fourth-order valence-electron chi connectivity index (χ4n) is 2.45. The van der Waals surface area contributed by atoms with Crippen LogP contribution in [0.2, 0.25) is 0 Å². The molecule has 0 spiro atoms. The third-order valence-corrected chi connectivity index (χ3v) is 6.96. The number of aryl methyl sites for hydroxylation is 1. The number of hydrogen-bond acceptors (Lipinski definition) is 4. The van der Waals surface area contributed by atoms with E-state index in [4.69, 9.17) is 0 Å². The van der Waals surface area contributed by atoms with Gasteiger partial charge in [0.05, 0.1) is 15.5 Å². The number of benzene rings is 1. The van der Waals surface area contributed by atoms with Gasteiger partial charge in [0.2, 0.25) is 10.0 Å². The van der Waals surface area contributed by atoms with Gasteiger partial charge in [-0.05, 0) is 43.0 Å². The molecule has 0 aromatic heterocycles. The minimum absolute atomic E-state index is 0.140. The van der Waals surface area contributed by atoms with Gasteiger partial charge in [-0.1, -0.05) is 19.8 Å². The van der Waals surface area contributed by atoms with E-state index in [1.165, 1.54) is 18.2 Å². The van der Waals surface area contributed by atoms with Crippen molar-refractivity contribution in [3.05, 3.63) is 23.8 Å². The van der Waals surface area contributed by atoms with E-state index in [0.717, 1.165) is 19.3 Å². The van der Waals surface area contributed by atoms with Crippen LogP contribution in [0.25, 0.3) is 0 Å². The number of unbranched alkanes of at least 4 members (excludes halogenated alkanes) is 2. The van der Waals surface area contributed by atoms with Crippen LogP contribution in [0.3, 0.4) is 0 Å². The van der Waals surface area contributed by atoms with Gasteiger partial charge in [0.15, 0.2) is 9.84 Å². The van der Waals surface area contributed by atoms with Crippen molar-refractivity contribution in [3.8, 4) is 0 Å². The molecule has 5 nitrogen and oxygen atoms in total. The van der Waals surface area contributed by atoms with E-state index in [0.29, 0.717) is 24.9 Å². The van der Waals surface area contributed by atoms with Crippen LogP contribution in [0.5, 0.6) is 0 Å². The predicted octanol–water partition coefficient (Wildman–Crippen LogP) is 1.88. The molecule has 0 radical (unpaired) electrons. The Labute approximate surface area is 126 Å². The van der Waals surface area contributed by atoms with E-state index in [1.54, 1.807) is 0 Å². The van der Waals surface area contributed by atoms with Crippen LogP contribution in [0.1, 0.15) is 38.2 Å². The van der Waals surface area contributed by atoms with Gasteiger partial charge >= 0.3 is 0 Å². The lowest BCUT2D eigenvalue weighted by molar-refractivity contribution is 0.573. The van der Waals surface area contributed by atoms with Crippen LogP contribution in [-0.2, 0) is 26.3 Å². The summed E-state index contributed by atoms with van der Waals surface area (Å²) in [6.45, 7) is 2.46. The fourth-order valence-corrected chi connectivity index (χ4v) is 5.15. The number of sulfone groups is 1. The van der Waals surface area contributed by atoms with E-state index in [2.05, 4.69) is 11.6 Å². The van der Waals surface area contributed by atoms with Crippen molar-refractivity contribution in [2.45, 2.75) is 48.8 Å². The zero-order chi connectivity index (χ0) is 15.5. The van der Waals surface area contributed by atoms with Crippen molar-refractivity contribution in [3.63, 3.8) is 0 Å². The second-order valence-corrected chi connectivity index (χ2v) is 9.14. The first-order valence-electron chi connectivity index (χ1n) is 7.22. The van der Waals surface area contributed by atoms with Gasteiger partial charge in [-0.25, -0.2) is 21.6 Å². The average molecular weight is 331 g/mol. The third kappa shape index (κ3) is 3.84. The molecule has 1 heterocycles. The number of fused-ring (bicyclic) bond motifs is 1. The molecule has 0 saturated heterocycles. The summed E-state index contributed by atoms with van der Waals surface area (Å²) in [5.41, 5.74) is 0.609. The first-order chi connectivity index (χ1) is 9.87. The van der Waals surface area contributed by atoms with E-state index >= 15 is 0 Å². The minimum Gasteiger partial charge on any atom is -0.224 e. The summed E-state index contributed by atoms with van der Waals surface area (Å²) in [6, 6.07) is 4.29. The summed E-state index contributed by atoms with van der Waals surface area (Å²) in [6.07, 6.45) is 3.95. The molecular weight excluding hydrogens is 310 g/mol. The summed E-state index contributed by atoms with van der Waals surface area (Å²) < 4.78 is 50.7. The molecule has 1 aromatic rings. The lowest BCUT2D eigenvalue weighted by Crippen LogP contribution is -2.25. The maximum Gasteiger partial charge on any atom is 0.240 e. The standard InChI is InChI=1S/C14H21NO4S2/c1-2-3-4-9-15-21(18,19)13-7-8-14-12(11-13)6-5-10-20(14,16)17/h7-8,11,15H,2-6,9-10H2,1H3. The Bertz CT molecular complexity index is 708. The monoisotopic (exact) mass is 331 g/mol. The van der Waals surface area contributed by atoms with E-state index in [-0.39, 0.29) is 15.5 Å². The Kier molecular flexibility index (Phi) is 5.06. The van der Waals surface area contributed by atoms with Crippen LogP contribution >= 0.6 is 0 Å². The Morgan fingerprint density at radius 1 is 1.24 bits per heavy atom. The number of nitrogens with one attached hydrogen (secondary N) is 1. The minimum atomic E-state index is -3.56. The normalized spacial score (nSPS) is 17.4. The fraction of sp³-hybridized carbons (Fsp3) is 0.571. The number of hydrogen-bond donors (Lipinski definition) is 1. The summed E-state index contributed by atoms with van der Waals surface area (Å²) in [7, 11) is -6.80. The Balaban J connectivity index is 2.22. The molecule has 7 heteroatoms. The molecule has 2 rings (SSSR count). The number of rotatable bonds is 6. The highest BCUT2D eigenvalue weighted by Crippen LogP contribution is 2.27. The molecule has 0 amide bonds. The quantitative estimate of drug-likeness (QED) is 0.807. The Morgan fingerprint density at radius 3 is 2.71 bits per heavy atom. The molecule has 0 saturated carbocycles. The predicted molar refractivity (Wildman–Crippen MR) is 81.5 cm³/mol. The summed E-state index contributed by atoms with van der Waals surface area (Å²) in [5.74, 6) is 0.140. The van der Waals surface area contributed by atoms with E-state index < -0.39 is 19.9 Å². The lowest BCUT2D eigenvalue weighted by atomic mass is 10.1. The van der Waals surface area contributed by atoms with Crippen molar-refractivity contribution in [2.24, 2.45) is 0 Å². The van der Waals surface area contributed by atoms with Crippen molar-refractivity contribution < 1.29 is 16.8 Å². The molecule has 0 atom stereocenters. The summed E-state index contributed by atoms with van der Waals surface area (Å²) in [5, 5.41) is 0. The molecule has 118 valence electrons. The third-order valence-electron chi connectivity index (χ3n) is 3.61. The largest absolute Gasteiger partial charge is 0.240 e. The van der Waals surface area contributed by atoms with Crippen LogP contribution < -0.4 is 4.72 Å². The second kappa shape index (κ2) is 6.46. The van der Waals surface area contributed by atoms with E-state index in [1.807, 2.05) is 0 Å². The molecule has 0 aliphatic carbocycles. The Hall–Kier alpha value is -0.920. The maximum absolute atomic E-state index is 12.2. The van der Waals surface area contributed by atoms with Gasteiger partial charge in [0, 0.05) is 6.54 Å². The summed E-state index contributed by atoms with van der Waals surface area (Å²) >= 11 is 0. The molecule has 0 bridgehead atoms.